The summed E-state index contributed by atoms with van der Waals surface area (Å²) in [5.41, 5.74) is 6.79. The fraction of sp³-hybridized carbons (Fsp3) is 0.500. The van der Waals surface area contributed by atoms with Crippen molar-refractivity contribution in [2.45, 2.75) is 12.5 Å². The Labute approximate surface area is 108 Å². The number of nitrogens with one attached hydrogen (secondary N) is 1. The van der Waals surface area contributed by atoms with Crippen molar-refractivity contribution in [3.05, 3.63) is 35.9 Å². The Morgan fingerprint density at radius 3 is 2.83 bits per heavy atom. The molecule has 1 aliphatic rings. The van der Waals surface area contributed by atoms with Crippen molar-refractivity contribution in [3.8, 4) is 0 Å². The molecule has 1 aliphatic heterocycles. The van der Waals surface area contributed by atoms with E-state index in [1.54, 1.807) is 0 Å². The van der Waals surface area contributed by atoms with Crippen molar-refractivity contribution in [3.63, 3.8) is 0 Å². The molecule has 18 heavy (non-hydrogen) atoms. The maximum Gasteiger partial charge on any atom is 0.241 e. The van der Waals surface area contributed by atoms with E-state index >= 15 is 0 Å². The molecule has 0 aliphatic carbocycles. The number of benzene rings is 1. The Hall–Kier alpha value is -1.39. The summed E-state index contributed by atoms with van der Waals surface area (Å²) in [5.74, 6) is 0.470. The van der Waals surface area contributed by atoms with Crippen LogP contribution in [0.25, 0.3) is 0 Å². The predicted octanol–water partition coefficient (Wildman–Crippen LogP) is 0.754. The van der Waals surface area contributed by atoms with Crippen molar-refractivity contribution < 1.29 is 4.79 Å². The number of likely N-dealkylation sites (tertiary alicyclic amines) is 1. The van der Waals surface area contributed by atoms with E-state index < -0.39 is 6.04 Å². The molecular formula is C14H21N3O. The van der Waals surface area contributed by atoms with Crippen molar-refractivity contribution in [1.29, 1.82) is 0 Å². The summed E-state index contributed by atoms with van der Waals surface area (Å²) in [7, 11) is 2.11. The summed E-state index contributed by atoms with van der Waals surface area (Å²) in [6, 6.07) is 8.91. The third kappa shape index (κ3) is 3.31. The smallest absolute Gasteiger partial charge is 0.241 e. The number of hydrogen-bond donors (Lipinski definition) is 2. The lowest BCUT2D eigenvalue weighted by molar-refractivity contribution is -0.122. The minimum Gasteiger partial charge on any atom is -0.354 e. The molecule has 1 aromatic rings. The lowest BCUT2D eigenvalue weighted by Crippen LogP contribution is -2.37. The molecule has 1 saturated heterocycles. The van der Waals surface area contributed by atoms with Gasteiger partial charge in [-0.1, -0.05) is 30.3 Å². The number of carbonyl (C=O) groups excluding carboxylic acids is 1. The van der Waals surface area contributed by atoms with Gasteiger partial charge in [-0.2, -0.15) is 0 Å². The molecule has 0 saturated carbocycles. The van der Waals surface area contributed by atoms with Crippen LogP contribution in [0.15, 0.2) is 30.3 Å². The van der Waals surface area contributed by atoms with Crippen molar-refractivity contribution in [2.75, 3.05) is 26.7 Å². The molecule has 2 rings (SSSR count). The third-order valence-corrected chi connectivity index (χ3v) is 3.50. The van der Waals surface area contributed by atoms with Gasteiger partial charge in [-0.05, 0) is 31.5 Å². The molecule has 4 nitrogen and oxygen atoms in total. The molecule has 1 amide bonds. The zero-order valence-electron chi connectivity index (χ0n) is 10.8. The van der Waals surface area contributed by atoms with Gasteiger partial charge in [-0.15, -0.1) is 0 Å². The second-order valence-corrected chi connectivity index (χ2v) is 5.05. The summed E-state index contributed by atoms with van der Waals surface area (Å²) >= 11 is 0. The van der Waals surface area contributed by atoms with Crippen LogP contribution in [0.1, 0.15) is 18.0 Å². The van der Waals surface area contributed by atoms with Gasteiger partial charge in [0.1, 0.15) is 6.04 Å². The number of nitrogens with zero attached hydrogens (tertiary/aromatic N) is 1. The van der Waals surface area contributed by atoms with E-state index in [4.69, 9.17) is 5.73 Å². The average Bonchev–Trinajstić information content (AvgIpc) is 2.82. The average molecular weight is 247 g/mol. The number of carbonyl (C=O) groups is 1. The first-order chi connectivity index (χ1) is 8.66. The van der Waals surface area contributed by atoms with Crippen LogP contribution in [0.2, 0.25) is 0 Å². The zero-order valence-corrected chi connectivity index (χ0v) is 10.8. The SMILES string of the molecule is CN1CCC(CNC(=O)[C@@H](N)c2ccccc2)C1. The largest absolute Gasteiger partial charge is 0.354 e. The number of rotatable bonds is 4. The van der Waals surface area contributed by atoms with E-state index in [9.17, 15) is 4.79 Å². The monoisotopic (exact) mass is 247 g/mol. The molecule has 2 atom stereocenters. The Bertz CT molecular complexity index is 393. The highest BCUT2D eigenvalue weighted by molar-refractivity contribution is 5.82. The van der Waals surface area contributed by atoms with Gasteiger partial charge in [0.05, 0.1) is 0 Å². The van der Waals surface area contributed by atoms with Crippen LogP contribution in [-0.2, 0) is 4.79 Å². The summed E-state index contributed by atoms with van der Waals surface area (Å²) in [5, 5.41) is 2.95. The van der Waals surface area contributed by atoms with Crippen LogP contribution < -0.4 is 11.1 Å². The van der Waals surface area contributed by atoms with Crippen LogP contribution in [0.3, 0.4) is 0 Å². The lowest BCUT2D eigenvalue weighted by Gasteiger charge is -2.15. The zero-order chi connectivity index (χ0) is 13.0. The second-order valence-electron chi connectivity index (χ2n) is 5.05. The van der Waals surface area contributed by atoms with Gasteiger partial charge in [0.15, 0.2) is 0 Å². The number of nitrogens with two attached hydrogens (primary N) is 1. The first-order valence-corrected chi connectivity index (χ1v) is 6.43. The molecule has 0 radical (unpaired) electrons. The van der Waals surface area contributed by atoms with Gasteiger partial charge >= 0.3 is 0 Å². The van der Waals surface area contributed by atoms with Gasteiger partial charge in [0.2, 0.25) is 5.91 Å². The van der Waals surface area contributed by atoms with E-state index in [0.717, 1.165) is 31.6 Å². The summed E-state index contributed by atoms with van der Waals surface area (Å²) < 4.78 is 0. The first kappa shape index (κ1) is 13.1. The van der Waals surface area contributed by atoms with Gasteiger partial charge in [-0.25, -0.2) is 0 Å². The highest BCUT2D eigenvalue weighted by Crippen LogP contribution is 2.14. The topological polar surface area (TPSA) is 58.4 Å². The molecule has 3 N–H and O–H groups in total. The maximum atomic E-state index is 11.9. The molecule has 1 unspecified atom stereocenters. The lowest BCUT2D eigenvalue weighted by atomic mass is 10.1. The van der Waals surface area contributed by atoms with Gasteiger partial charge in [-0.3, -0.25) is 4.79 Å². The Morgan fingerprint density at radius 1 is 1.50 bits per heavy atom. The van der Waals surface area contributed by atoms with E-state index in [-0.39, 0.29) is 5.91 Å². The summed E-state index contributed by atoms with van der Waals surface area (Å²) in [4.78, 5) is 14.2. The maximum absolute atomic E-state index is 11.9. The molecule has 0 bridgehead atoms. The van der Waals surface area contributed by atoms with Crippen molar-refractivity contribution in [2.24, 2.45) is 11.7 Å². The standard InChI is InChI=1S/C14H21N3O/c1-17-8-7-11(10-17)9-16-14(18)13(15)12-5-3-2-4-6-12/h2-6,11,13H,7-10,15H2,1H3,(H,16,18)/t11?,13-/m0/s1. The van der Waals surface area contributed by atoms with E-state index in [2.05, 4.69) is 17.3 Å². The van der Waals surface area contributed by atoms with Gasteiger partial charge < -0.3 is 16.0 Å². The van der Waals surface area contributed by atoms with Gasteiger partial charge in [0, 0.05) is 13.1 Å². The second kappa shape index (κ2) is 5.98. The molecule has 0 spiro atoms. The molecular weight excluding hydrogens is 226 g/mol. The van der Waals surface area contributed by atoms with Crippen molar-refractivity contribution in [1.82, 2.24) is 10.2 Å². The minimum absolute atomic E-state index is 0.0873. The number of amides is 1. The fourth-order valence-corrected chi connectivity index (χ4v) is 2.36. The minimum atomic E-state index is -0.565. The van der Waals surface area contributed by atoms with Crippen LogP contribution in [-0.4, -0.2) is 37.5 Å². The van der Waals surface area contributed by atoms with Crippen molar-refractivity contribution >= 4 is 5.91 Å². The molecule has 4 heteroatoms. The van der Waals surface area contributed by atoms with Crippen LogP contribution in [0.4, 0.5) is 0 Å². The molecule has 98 valence electrons. The van der Waals surface area contributed by atoms with Crippen LogP contribution in [0, 0.1) is 5.92 Å². The Kier molecular flexibility index (Phi) is 4.33. The molecule has 1 fully saturated rings. The number of hydrogen-bond acceptors (Lipinski definition) is 3. The van der Waals surface area contributed by atoms with E-state index in [1.807, 2.05) is 30.3 Å². The first-order valence-electron chi connectivity index (χ1n) is 6.43. The molecule has 0 aromatic heterocycles. The fourth-order valence-electron chi connectivity index (χ4n) is 2.36. The highest BCUT2D eigenvalue weighted by Gasteiger charge is 2.21. The van der Waals surface area contributed by atoms with E-state index in [1.165, 1.54) is 0 Å². The predicted molar refractivity (Wildman–Crippen MR) is 72.0 cm³/mol. The van der Waals surface area contributed by atoms with Crippen LogP contribution >= 0.6 is 0 Å². The van der Waals surface area contributed by atoms with Crippen LogP contribution in [0.5, 0.6) is 0 Å². The summed E-state index contributed by atoms with van der Waals surface area (Å²) in [6.07, 6.45) is 1.15. The molecule has 1 aromatic carbocycles. The van der Waals surface area contributed by atoms with Gasteiger partial charge in [0.25, 0.3) is 0 Å². The quantitative estimate of drug-likeness (QED) is 0.825. The Morgan fingerprint density at radius 2 is 2.22 bits per heavy atom. The summed E-state index contributed by atoms with van der Waals surface area (Å²) in [6.45, 7) is 2.90. The third-order valence-electron chi connectivity index (χ3n) is 3.50. The highest BCUT2D eigenvalue weighted by atomic mass is 16.2. The molecule has 1 heterocycles. The van der Waals surface area contributed by atoms with E-state index in [0.29, 0.717) is 5.92 Å². The Balaban J connectivity index is 1.81. The normalized spacial score (nSPS) is 21.8.